The van der Waals surface area contributed by atoms with Gasteiger partial charge in [0.2, 0.25) is 10.0 Å². The molecule has 2 N–H and O–H groups in total. The Morgan fingerprint density at radius 2 is 1.86 bits per heavy atom. The molecule has 21 heavy (non-hydrogen) atoms. The predicted octanol–water partition coefficient (Wildman–Crippen LogP) is 1.95. The number of hydrogen-bond donors (Lipinski definition) is 1. The van der Waals surface area contributed by atoms with Gasteiger partial charge in [0.25, 0.3) is 0 Å². The monoisotopic (exact) mass is 331 g/mol. The maximum absolute atomic E-state index is 12.7. The van der Waals surface area contributed by atoms with Gasteiger partial charge in [-0.1, -0.05) is 18.5 Å². The summed E-state index contributed by atoms with van der Waals surface area (Å²) in [4.78, 5) is 2.46. The van der Waals surface area contributed by atoms with Gasteiger partial charge < -0.3 is 10.6 Å². The number of benzene rings is 1. The molecule has 0 unspecified atom stereocenters. The van der Waals surface area contributed by atoms with E-state index in [1.807, 2.05) is 0 Å². The lowest BCUT2D eigenvalue weighted by Crippen LogP contribution is -2.48. The summed E-state index contributed by atoms with van der Waals surface area (Å²) in [5.74, 6) is 0. The van der Waals surface area contributed by atoms with Gasteiger partial charge in [-0.2, -0.15) is 4.31 Å². The first-order valence-electron chi connectivity index (χ1n) is 7.14. The Morgan fingerprint density at radius 1 is 1.24 bits per heavy atom. The quantitative estimate of drug-likeness (QED) is 0.856. The minimum atomic E-state index is -3.52. The van der Waals surface area contributed by atoms with Crippen LogP contribution >= 0.6 is 11.6 Å². The lowest BCUT2D eigenvalue weighted by molar-refractivity contribution is 0.188. The van der Waals surface area contributed by atoms with Crippen LogP contribution in [0.4, 0.5) is 5.69 Å². The number of halogens is 1. The molecule has 1 aliphatic heterocycles. The minimum absolute atomic E-state index is 0.180. The molecule has 0 spiro atoms. The number of anilines is 1. The summed E-state index contributed by atoms with van der Waals surface area (Å²) < 4.78 is 26.8. The fourth-order valence-corrected chi connectivity index (χ4v) is 4.26. The molecular weight excluding hydrogens is 310 g/mol. The molecular formula is C14H22ClN3O2S. The maximum Gasteiger partial charge on any atom is 0.243 e. The molecule has 0 amide bonds. The van der Waals surface area contributed by atoms with Crippen molar-refractivity contribution < 1.29 is 8.42 Å². The van der Waals surface area contributed by atoms with E-state index in [1.54, 1.807) is 6.92 Å². The van der Waals surface area contributed by atoms with Crippen molar-refractivity contribution >= 4 is 27.3 Å². The van der Waals surface area contributed by atoms with Crippen LogP contribution in [0.3, 0.4) is 0 Å². The lowest BCUT2D eigenvalue weighted by atomic mass is 10.2. The second-order valence-corrected chi connectivity index (χ2v) is 7.71. The van der Waals surface area contributed by atoms with Crippen LogP contribution in [0.25, 0.3) is 0 Å². The number of nitrogens with zero attached hydrogens (tertiary/aromatic N) is 2. The van der Waals surface area contributed by atoms with Crippen molar-refractivity contribution in [1.29, 1.82) is 0 Å². The van der Waals surface area contributed by atoms with Gasteiger partial charge in [0, 0.05) is 36.9 Å². The fourth-order valence-electron chi connectivity index (χ4n) is 2.48. The molecule has 0 atom stereocenters. The number of sulfonamides is 1. The molecule has 118 valence electrons. The summed E-state index contributed by atoms with van der Waals surface area (Å²) in [6, 6.07) is 2.98. The second kappa shape index (κ2) is 6.52. The minimum Gasteiger partial charge on any atom is -0.398 e. The number of hydrogen-bond acceptors (Lipinski definition) is 4. The smallest absolute Gasteiger partial charge is 0.243 e. The zero-order valence-corrected chi connectivity index (χ0v) is 14.0. The Balaban J connectivity index is 2.20. The molecule has 5 nitrogen and oxygen atoms in total. The highest BCUT2D eigenvalue weighted by Crippen LogP contribution is 2.28. The van der Waals surface area contributed by atoms with Gasteiger partial charge in [-0.05, 0) is 37.6 Å². The lowest BCUT2D eigenvalue weighted by Gasteiger charge is -2.33. The molecule has 7 heteroatoms. The Kier molecular flexibility index (Phi) is 5.14. The third kappa shape index (κ3) is 3.51. The highest BCUT2D eigenvalue weighted by atomic mass is 35.5. The highest BCUT2D eigenvalue weighted by molar-refractivity contribution is 7.89. The molecule has 0 aromatic heterocycles. The van der Waals surface area contributed by atoms with Gasteiger partial charge in [0.1, 0.15) is 0 Å². The van der Waals surface area contributed by atoms with E-state index >= 15 is 0 Å². The topological polar surface area (TPSA) is 66.6 Å². The summed E-state index contributed by atoms with van der Waals surface area (Å²) in [5, 5.41) is 0.387. The Labute approximate surface area is 131 Å². The normalized spacial score (nSPS) is 18.0. The SMILES string of the molecule is CCCN1CCN(S(=O)(=O)c2cc(N)c(C)c(Cl)c2)CC1. The van der Waals surface area contributed by atoms with Crippen molar-refractivity contribution in [3.63, 3.8) is 0 Å². The van der Waals surface area contributed by atoms with Gasteiger partial charge in [0.15, 0.2) is 0 Å². The Bertz CT molecular complexity index is 588. The van der Waals surface area contributed by atoms with Crippen molar-refractivity contribution in [3.8, 4) is 0 Å². The zero-order chi connectivity index (χ0) is 15.6. The maximum atomic E-state index is 12.7. The average Bonchev–Trinajstić information content (AvgIpc) is 2.45. The van der Waals surface area contributed by atoms with E-state index in [0.29, 0.717) is 29.4 Å². The van der Waals surface area contributed by atoms with Crippen molar-refractivity contribution in [1.82, 2.24) is 9.21 Å². The Hall–Kier alpha value is -0.820. The average molecular weight is 332 g/mol. The van der Waals surface area contributed by atoms with Crippen molar-refractivity contribution in [2.24, 2.45) is 0 Å². The van der Waals surface area contributed by atoms with Crippen molar-refractivity contribution in [3.05, 3.63) is 22.7 Å². The molecule has 1 saturated heterocycles. The first-order chi connectivity index (χ1) is 9.86. The molecule has 1 heterocycles. The fraction of sp³-hybridized carbons (Fsp3) is 0.571. The summed E-state index contributed by atoms with van der Waals surface area (Å²) in [6.07, 6.45) is 1.08. The van der Waals surface area contributed by atoms with Crippen LogP contribution in [0.15, 0.2) is 17.0 Å². The molecule has 1 fully saturated rings. The van der Waals surface area contributed by atoms with E-state index in [1.165, 1.54) is 16.4 Å². The number of piperazine rings is 1. The summed E-state index contributed by atoms with van der Waals surface area (Å²) in [5.41, 5.74) is 6.95. The summed E-state index contributed by atoms with van der Waals surface area (Å²) in [6.45, 7) is 7.46. The van der Waals surface area contributed by atoms with Crippen LogP contribution in [0.1, 0.15) is 18.9 Å². The van der Waals surface area contributed by atoms with E-state index < -0.39 is 10.0 Å². The number of nitrogens with two attached hydrogens (primary N) is 1. The van der Waals surface area contributed by atoms with E-state index in [9.17, 15) is 8.42 Å². The molecule has 1 aliphatic rings. The van der Waals surface area contributed by atoms with Crippen LogP contribution in [-0.4, -0.2) is 50.3 Å². The van der Waals surface area contributed by atoms with Crippen LogP contribution in [-0.2, 0) is 10.0 Å². The van der Waals surface area contributed by atoms with Crippen molar-refractivity contribution in [2.45, 2.75) is 25.2 Å². The summed E-state index contributed by atoms with van der Waals surface area (Å²) in [7, 11) is -3.52. The van der Waals surface area contributed by atoms with Crippen LogP contribution < -0.4 is 5.73 Å². The zero-order valence-electron chi connectivity index (χ0n) is 12.5. The van der Waals surface area contributed by atoms with Gasteiger partial charge >= 0.3 is 0 Å². The summed E-state index contributed by atoms with van der Waals surface area (Å²) >= 11 is 6.06. The standard InChI is InChI=1S/C14H22ClN3O2S/c1-3-4-17-5-7-18(8-6-17)21(19,20)12-9-13(15)11(2)14(16)10-12/h9-10H,3-8,16H2,1-2H3. The molecule has 0 aliphatic carbocycles. The van der Waals surface area contributed by atoms with Crippen LogP contribution in [0.2, 0.25) is 5.02 Å². The van der Waals surface area contributed by atoms with Crippen LogP contribution in [0, 0.1) is 6.92 Å². The van der Waals surface area contributed by atoms with Crippen LogP contribution in [0.5, 0.6) is 0 Å². The molecule has 1 aromatic carbocycles. The first kappa shape index (κ1) is 16.5. The van der Waals surface area contributed by atoms with Gasteiger partial charge in [-0.3, -0.25) is 0 Å². The van der Waals surface area contributed by atoms with Gasteiger partial charge in [0.05, 0.1) is 4.90 Å². The number of nitrogen functional groups attached to an aromatic ring is 1. The highest BCUT2D eigenvalue weighted by Gasteiger charge is 2.28. The molecule has 0 saturated carbocycles. The Morgan fingerprint density at radius 3 is 2.38 bits per heavy atom. The van der Waals surface area contributed by atoms with Gasteiger partial charge in [-0.15, -0.1) is 0 Å². The van der Waals surface area contributed by atoms with E-state index in [-0.39, 0.29) is 4.90 Å². The number of rotatable bonds is 4. The molecule has 2 rings (SSSR count). The molecule has 0 bridgehead atoms. The predicted molar refractivity (Wildman–Crippen MR) is 86.1 cm³/mol. The molecule has 1 aromatic rings. The van der Waals surface area contributed by atoms with E-state index in [4.69, 9.17) is 17.3 Å². The van der Waals surface area contributed by atoms with E-state index in [2.05, 4.69) is 11.8 Å². The van der Waals surface area contributed by atoms with Gasteiger partial charge in [-0.25, -0.2) is 8.42 Å². The van der Waals surface area contributed by atoms with E-state index in [0.717, 1.165) is 26.1 Å². The second-order valence-electron chi connectivity index (χ2n) is 5.37. The third-order valence-electron chi connectivity index (χ3n) is 3.87. The largest absolute Gasteiger partial charge is 0.398 e. The molecule has 0 radical (unpaired) electrons. The van der Waals surface area contributed by atoms with Crippen molar-refractivity contribution in [2.75, 3.05) is 38.5 Å². The third-order valence-corrected chi connectivity index (χ3v) is 6.14. The first-order valence-corrected chi connectivity index (χ1v) is 8.96.